The summed E-state index contributed by atoms with van der Waals surface area (Å²) in [6.45, 7) is 4.18. The molecule has 130 heavy (non-hydrogen) atoms. The van der Waals surface area contributed by atoms with Gasteiger partial charge in [0.2, 0.25) is 0 Å². The maximum atomic E-state index is 5.20. The predicted molar refractivity (Wildman–Crippen MR) is 541 cm³/mol. The molecule has 0 N–H and O–H groups in total. The van der Waals surface area contributed by atoms with Gasteiger partial charge in [-0.2, -0.15) is 0 Å². The van der Waals surface area contributed by atoms with Gasteiger partial charge in [-0.05, 0) is 173 Å². The van der Waals surface area contributed by atoms with E-state index in [0.29, 0.717) is 52.4 Å². The van der Waals surface area contributed by atoms with Crippen LogP contribution in [0.25, 0.3) is 243 Å². The summed E-state index contributed by atoms with van der Waals surface area (Å²) in [6, 6.07) is 156. The topological polar surface area (TPSA) is 116 Å². The third kappa shape index (κ3) is 14.5. The molecule has 0 fully saturated rings. The zero-order chi connectivity index (χ0) is 86.5. The molecular weight excluding hydrogens is 1580 g/mol. The molecule has 0 saturated heterocycles. The smallest absolute Gasteiger partial charge is 0.165 e. The van der Waals surface area contributed by atoms with E-state index >= 15 is 0 Å². The van der Waals surface area contributed by atoms with Crippen molar-refractivity contribution < 1.29 is 0 Å². The van der Waals surface area contributed by atoms with Crippen LogP contribution in [-0.2, 0) is 0 Å². The second kappa shape index (κ2) is 33.3. The Kier molecular flexibility index (Phi) is 19.9. The Morgan fingerprint density at radius 2 is 0.346 bits per heavy atom. The van der Waals surface area contributed by atoms with Crippen molar-refractivity contribution in [1.82, 2.24) is 44.9 Å². The van der Waals surface area contributed by atoms with Gasteiger partial charge in [0.25, 0.3) is 0 Å². The van der Waals surface area contributed by atoms with Crippen molar-refractivity contribution in [1.29, 1.82) is 0 Å². The molecule has 0 bridgehead atoms. The van der Waals surface area contributed by atoms with E-state index in [1.54, 1.807) is 0 Å². The highest BCUT2D eigenvalue weighted by Gasteiger charge is 2.25. The highest BCUT2D eigenvalue weighted by Crippen LogP contribution is 2.49. The average Bonchev–Trinajstić information content (AvgIpc) is 0.716. The van der Waals surface area contributed by atoms with Crippen LogP contribution in [0.3, 0.4) is 0 Å². The molecule has 0 aliphatic rings. The van der Waals surface area contributed by atoms with Crippen molar-refractivity contribution in [3.8, 4) is 125 Å². The first-order chi connectivity index (χ1) is 64.3. The largest absolute Gasteiger partial charge is 0.208 e. The van der Waals surface area contributed by atoms with Crippen LogP contribution in [0.15, 0.2) is 443 Å². The van der Waals surface area contributed by atoms with Gasteiger partial charge in [-0.1, -0.05) is 436 Å². The SMILES string of the molecule is Cc1ccc(-c2nc(-c3ccc(C)cc3)nc(-c3cc4ccc5ccccc5c4c4ccccc34)n2)cc1.c1ccc(-c2nc(-c3ccccc3)nc(-c3c4ccccc4c(-c4cc5ccc6ccccc6c5c5ccccc45)c4ccccc34)n2)cc1.c1ccc(-c2nc(-c3ccccc3)nc(-c3ccc(-c4cc5ccc6ccccc6c5c5ccccc45)cc3)n2)cc1. The number of rotatable bonds is 11. The molecule has 9 nitrogen and oxygen atoms in total. The number of nitrogens with zero attached hydrogens (tertiary/aromatic N) is 9. The standard InChI is InChI=1S/C47H29N3.C39H25N3.C35H25N3/c1-3-16-31(17-4-1)45-48-46(32-18-5-2-6-19-32)50-47(49-45)44-39-25-13-11-23-37(39)43(38-24-12-14-26-40(38)44)41-29-33-28-27-30-15-7-8-20-34(30)42(33)36-22-10-9-21-35(36)41;1-3-12-28(13-4-1)37-40-38(29-14-5-2-6-15-29)42-39(41-37)30-22-19-27(20-23-30)35-25-31-24-21-26-11-7-8-16-32(26)36(31)34-18-10-9-17-33(34)35;1-22-11-15-25(16-12-22)33-36-34(26-17-13-23(2)14-18-26)38-35(37-33)31-21-27-20-19-24-7-3-4-8-28(24)32(27)30-10-6-5-9-29(30)31/h1-29H;1-25H;3-21H,1-2H3. The van der Waals surface area contributed by atoms with E-state index in [1.165, 1.54) is 119 Å². The molecule has 0 atom stereocenters. The van der Waals surface area contributed by atoms with Gasteiger partial charge in [0, 0.05) is 50.1 Å². The summed E-state index contributed by atoms with van der Waals surface area (Å²) in [6.07, 6.45) is 0. The van der Waals surface area contributed by atoms with Crippen LogP contribution in [0, 0.1) is 13.8 Å². The molecule has 0 saturated carbocycles. The molecule has 0 spiro atoms. The van der Waals surface area contributed by atoms with E-state index in [4.69, 9.17) is 44.9 Å². The molecule has 25 aromatic rings. The van der Waals surface area contributed by atoms with E-state index in [2.05, 4.69) is 360 Å². The Labute approximate surface area is 750 Å². The Bertz CT molecular complexity index is 8480. The lowest BCUT2D eigenvalue weighted by molar-refractivity contribution is 1.07. The van der Waals surface area contributed by atoms with Gasteiger partial charge < -0.3 is 0 Å². The van der Waals surface area contributed by atoms with Crippen molar-refractivity contribution >= 4 is 118 Å². The number of fused-ring (bicyclic) bond motifs is 17. The molecule has 22 aromatic carbocycles. The van der Waals surface area contributed by atoms with Crippen LogP contribution in [0.1, 0.15) is 11.1 Å². The molecule has 9 heteroatoms. The molecule has 3 aromatic heterocycles. The summed E-state index contributed by atoms with van der Waals surface area (Å²) in [5.74, 6) is 5.97. The first-order valence-corrected chi connectivity index (χ1v) is 44.0. The fourth-order valence-electron chi connectivity index (χ4n) is 18.7. The van der Waals surface area contributed by atoms with E-state index in [0.717, 1.165) is 82.6 Å². The summed E-state index contributed by atoms with van der Waals surface area (Å²) in [5, 5.41) is 26.9. The molecule has 0 aliphatic heterocycles. The molecule has 0 radical (unpaired) electrons. The minimum absolute atomic E-state index is 0.652. The lowest BCUT2D eigenvalue weighted by Gasteiger charge is -2.19. The fourth-order valence-corrected chi connectivity index (χ4v) is 18.7. The number of aryl methyl sites for hydroxylation is 2. The molecule has 0 unspecified atom stereocenters. The Balaban J connectivity index is 0.000000112. The summed E-state index contributed by atoms with van der Waals surface area (Å²) < 4.78 is 0. The molecule has 0 amide bonds. The highest BCUT2D eigenvalue weighted by molar-refractivity contribution is 6.29. The Hall–Kier alpha value is -17.3. The first-order valence-electron chi connectivity index (χ1n) is 44.0. The number of hydrogen-bond donors (Lipinski definition) is 0. The molecule has 608 valence electrons. The summed E-state index contributed by atoms with van der Waals surface area (Å²) in [4.78, 5) is 45.0. The van der Waals surface area contributed by atoms with Gasteiger partial charge in [0.1, 0.15) is 0 Å². The van der Waals surface area contributed by atoms with Gasteiger partial charge in [-0.25, -0.2) is 44.9 Å². The van der Waals surface area contributed by atoms with Crippen molar-refractivity contribution in [2.75, 3.05) is 0 Å². The summed E-state index contributed by atoms with van der Waals surface area (Å²) >= 11 is 0. The van der Waals surface area contributed by atoms with Crippen LogP contribution in [0.2, 0.25) is 0 Å². The minimum atomic E-state index is 0.652. The van der Waals surface area contributed by atoms with Crippen molar-refractivity contribution in [3.05, 3.63) is 454 Å². The van der Waals surface area contributed by atoms with Gasteiger partial charge in [-0.15, -0.1) is 0 Å². The third-order valence-corrected chi connectivity index (χ3v) is 25.0. The Morgan fingerprint density at radius 3 is 0.685 bits per heavy atom. The fraction of sp³-hybridized carbons (Fsp3) is 0.0165. The van der Waals surface area contributed by atoms with Gasteiger partial charge >= 0.3 is 0 Å². The first kappa shape index (κ1) is 77.5. The van der Waals surface area contributed by atoms with Gasteiger partial charge in [0.15, 0.2) is 52.4 Å². The van der Waals surface area contributed by atoms with Crippen molar-refractivity contribution in [2.24, 2.45) is 0 Å². The maximum Gasteiger partial charge on any atom is 0.165 e. The molecule has 3 heterocycles. The van der Waals surface area contributed by atoms with E-state index in [1.807, 2.05) is 97.1 Å². The number of benzene rings is 22. The van der Waals surface area contributed by atoms with Crippen LogP contribution in [0.4, 0.5) is 0 Å². The van der Waals surface area contributed by atoms with Gasteiger partial charge in [-0.3, -0.25) is 0 Å². The average molecular weight is 1660 g/mol. The highest BCUT2D eigenvalue weighted by atomic mass is 15.1. The summed E-state index contributed by atoms with van der Waals surface area (Å²) in [7, 11) is 0. The second-order valence-electron chi connectivity index (χ2n) is 33.1. The van der Waals surface area contributed by atoms with Crippen LogP contribution in [-0.4, -0.2) is 44.9 Å². The van der Waals surface area contributed by atoms with Gasteiger partial charge in [0.05, 0.1) is 0 Å². The lowest BCUT2D eigenvalue weighted by atomic mass is 9.84. The summed E-state index contributed by atoms with van der Waals surface area (Å²) in [5.41, 5.74) is 16.0. The zero-order valence-electron chi connectivity index (χ0n) is 71.2. The molecular formula is C121H79N9. The molecule has 25 rings (SSSR count). The second-order valence-corrected chi connectivity index (χ2v) is 33.1. The van der Waals surface area contributed by atoms with E-state index in [-0.39, 0.29) is 0 Å². The van der Waals surface area contributed by atoms with E-state index in [9.17, 15) is 0 Å². The zero-order valence-corrected chi connectivity index (χ0v) is 71.2. The Morgan fingerprint density at radius 1 is 0.131 bits per heavy atom. The monoisotopic (exact) mass is 1660 g/mol. The lowest BCUT2D eigenvalue weighted by Crippen LogP contribution is -2.01. The normalized spacial score (nSPS) is 11.5. The predicted octanol–water partition coefficient (Wildman–Crippen LogP) is 31.3. The van der Waals surface area contributed by atoms with Crippen molar-refractivity contribution in [3.63, 3.8) is 0 Å². The maximum absolute atomic E-state index is 5.20. The van der Waals surface area contributed by atoms with E-state index < -0.39 is 0 Å². The third-order valence-electron chi connectivity index (χ3n) is 25.0. The van der Waals surface area contributed by atoms with Crippen LogP contribution in [0.5, 0.6) is 0 Å². The van der Waals surface area contributed by atoms with Crippen molar-refractivity contribution in [2.45, 2.75) is 13.8 Å². The minimum Gasteiger partial charge on any atom is -0.208 e. The number of hydrogen-bond acceptors (Lipinski definition) is 9. The van der Waals surface area contributed by atoms with Crippen LogP contribution < -0.4 is 0 Å². The quantitative estimate of drug-likeness (QED) is 0.0922. The number of aromatic nitrogens is 9. The molecule has 0 aliphatic carbocycles. The van der Waals surface area contributed by atoms with Crippen LogP contribution >= 0.6 is 0 Å².